The maximum absolute atomic E-state index is 12.9. The highest BCUT2D eigenvalue weighted by Crippen LogP contribution is 2.37. The van der Waals surface area contributed by atoms with Gasteiger partial charge in [-0.2, -0.15) is 0 Å². The van der Waals surface area contributed by atoms with E-state index in [2.05, 4.69) is 10.3 Å². The van der Waals surface area contributed by atoms with Gasteiger partial charge in [0.25, 0.3) is 5.92 Å². The van der Waals surface area contributed by atoms with Gasteiger partial charge in [-0.25, -0.2) is 18.6 Å². The van der Waals surface area contributed by atoms with Gasteiger partial charge in [0, 0.05) is 12.7 Å². The zero-order valence-corrected chi connectivity index (χ0v) is 15.6. The van der Waals surface area contributed by atoms with Gasteiger partial charge in [-0.3, -0.25) is 0 Å². The largest absolute Gasteiger partial charge is 0.477 e. The summed E-state index contributed by atoms with van der Waals surface area (Å²) in [5, 5.41) is 12.0. The molecule has 0 radical (unpaired) electrons. The van der Waals surface area contributed by atoms with Crippen LogP contribution in [-0.4, -0.2) is 48.7 Å². The Labute approximate surface area is 162 Å². The maximum atomic E-state index is 12.9. The van der Waals surface area contributed by atoms with E-state index in [1.807, 2.05) is 37.4 Å². The minimum Gasteiger partial charge on any atom is -0.477 e. The van der Waals surface area contributed by atoms with Crippen molar-refractivity contribution in [3.05, 3.63) is 48.2 Å². The topological polar surface area (TPSA) is 74.7 Å². The Kier molecular flexibility index (Phi) is 5.96. The van der Waals surface area contributed by atoms with Crippen LogP contribution in [0.25, 0.3) is 0 Å². The van der Waals surface area contributed by atoms with E-state index in [-0.39, 0.29) is 24.7 Å². The molecule has 150 valence electrons. The number of rotatable bonds is 6. The number of hydrogen-bond donors (Lipinski definition) is 2. The van der Waals surface area contributed by atoms with Gasteiger partial charge in [0.2, 0.25) is 5.88 Å². The Morgan fingerprint density at radius 1 is 1.25 bits per heavy atom. The third-order valence-electron chi connectivity index (χ3n) is 4.46. The molecule has 1 aliphatic heterocycles. The van der Waals surface area contributed by atoms with Crippen LogP contribution in [0.5, 0.6) is 5.88 Å². The zero-order valence-electron chi connectivity index (χ0n) is 15.6. The molecule has 0 atom stereocenters. The standard InChI is InChI=1S/C13H14F2N2O3.C7H9N/c14-13(15)6-17(7-13)10-4-3-9(12(18)19)16-11(10)20-5-8-1-2-8;1-8-7-5-3-2-4-6-7/h3-4,8H,1-2,5-7H2,(H,18,19);2-6,8H,1H3. The Morgan fingerprint density at radius 3 is 2.43 bits per heavy atom. The molecule has 0 spiro atoms. The number of ether oxygens (including phenoxy) is 1. The van der Waals surface area contributed by atoms with Crippen molar-refractivity contribution < 1.29 is 23.4 Å². The number of halogens is 2. The number of hydrogen-bond acceptors (Lipinski definition) is 5. The molecule has 0 amide bonds. The Hall–Kier alpha value is -2.90. The van der Waals surface area contributed by atoms with Gasteiger partial charge in [-0.05, 0) is 43.0 Å². The molecule has 2 aliphatic rings. The first kappa shape index (κ1) is 19.9. The number of carbonyl (C=O) groups is 1. The van der Waals surface area contributed by atoms with Gasteiger partial charge < -0.3 is 20.1 Å². The molecule has 2 aromatic rings. The lowest BCUT2D eigenvalue weighted by Crippen LogP contribution is -2.56. The average molecular weight is 391 g/mol. The molecular weight excluding hydrogens is 368 g/mol. The first-order valence-electron chi connectivity index (χ1n) is 9.10. The second kappa shape index (κ2) is 8.41. The van der Waals surface area contributed by atoms with Crippen LogP contribution < -0.4 is 15.0 Å². The van der Waals surface area contributed by atoms with Crippen molar-refractivity contribution in [2.75, 3.05) is 37.0 Å². The molecular formula is C20H23F2N3O3. The number of pyridine rings is 1. The van der Waals surface area contributed by atoms with E-state index in [1.165, 1.54) is 17.0 Å². The highest BCUT2D eigenvalue weighted by molar-refractivity contribution is 5.86. The molecule has 1 aromatic carbocycles. The molecule has 8 heteroatoms. The van der Waals surface area contributed by atoms with Crippen molar-refractivity contribution in [3.8, 4) is 5.88 Å². The van der Waals surface area contributed by atoms with Crippen molar-refractivity contribution >= 4 is 17.3 Å². The van der Waals surface area contributed by atoms with Gasteiger partial charge >= 0.3 is 5.97 Å². The molecule has 4 rings (SSSR count). The van der Waals surface area contributed by atoms with Crippen molar-refractivity contribution in [1.82, 2.24) is 4.98 Å². The number of carboxylic acid groups (broad SMARTS) is 1. The van der Waals surface area contributed by atoms with Crippen LogP contribution in [0.3, 0.4) is 0 Å². The van der Waals surface area contributed by atoms with Gasteiger partial charge in [-0.15, -0.1) is 0 Å². The first-order chi connectivity index (χ1) is 13.4. The highest BCUT2D eigenvalue weighted by Gasteiger charge is 2.45. The smallest absolute Gasteiger partial charge is 0.354 e. The number of alkyl halides is 2. The van der Waals surface area contributed by atoms with Gasteiger partial charge in [-0.1, -0.05) is 18.2 Å². The average Bonchev–Trinajstić information content (AvgIpc) is 3.50. The van der Waals surface area contributed by atoms with Crippen LogP contribution in [0, 0.1) is 5.92 Å². The minimum absolute atomic E-state index is 0.132. The van der Waals surface area contributed by atoms with Crippen LogP contribution in [0.4, 0.5) is 20.2 Å². The molecule has 28 heavy (non-hydrogen) atoms. The van der Waals surface area contributed by atoms with Crippen molar-refractivity contribution in [2.45, 2.75) is 18.8 Å². The summed E-state index contributed by atoms with van der Waals surface area (Å²) in [5.41, 5.74) is 1.45. The van der Waals surface area contributed by atoms with Crippen molar-refractivity contribution in [3.63, 3.8) is 0 Å². The number of carboxylic acids is 1. The second-order valence-electron chi connectivity index (χ2n) is 6.91. The molecule has 2 heterocycles. The lowest BCUT2D eigenvalue weighted by atomic mass is 10.1. The summed E-state index contributed by atoms with van der Waals surface area (Å²) < 4.78 is 31.4. The predicted octanol–water partition coefficient (Wildman–Crippen LogP) is 3.75. The minimum atomic E-state index is -2.70. The van der Waals surface area contributed by atoms with Crippen LogP contribution in [0.2, 0.25) is 0 Å². The fourth-order valence-electron chi connectivity index (χ4n) is 2.67. The lowest BCUT2D eigenvalue weighted by molar-refractivity contribution is -0.0265. The molecule has 0 unspecified atom stereocenters. The van der Waals surface area contributed by atoms with E-state index in [4.69, 9.17) is 9.84 Å². The molecule has 1 aliphatic carbocycles. The maximum Gasteiger partial charge on any atom is 0.354 e. The van der Waals surface area contributed by atoms with E-state index >= 15 is 0 Å². The van der Waals surface area contributed by atoms with Gasteiger partial charge in [0.05, 0.1) is 19.7 Å². The number of aromatic nitrogens is 1. The Bertz CT molecular complexity index is 806. The summed E-state index contributed by atoms with van der Waals surface area (Å²) in [5.74, 6) is -3.26. The number of benzene rings is 1. The van der Waals surface area contributed by atoms with Gasteiger partial charge in [0.15, 0.2) is 5.69 Å². The highest BCUT2D eigenvalue weighted by atomic mass is 19.3. The summed E-state index contributed by atoms with van der Waals surface area (Å²) in [7, 11) is 1.91. The number of anilines is 2. The summed E-state index contributed by atoms with van der Waals surface area (Å²) in [6.45, 7) is -0.324. The summed E-state index contributed by atoms with van der Waals surface area (Å²) in [6, 6.07) is 12.9. The van der Waals surface area contributed by atoms with Crippen molar-refractivity contribution in [1.29, 1.82) is 0 Å². The molecule has 2 fully saturated rings. The van der Waals surface area contributed by atoms with Crippen LogP contribution in [-0.2, 0) is 0 Å². The van der Waals surface area contributed by atoms with Crippen LogP contribution >= 0.6 is 0 Å². The molecule has 1 saturated heterocycles. The first-order valence-corrected chi connectivity index (χ1v) is 9.10. The van der Waals surface area contributed by atoms with E-state index in [0.717, 1.165) is 18.5 Å². The number of nitrogens with zero attached hydrogens (tertiary/aromatic N) is 2. The third-order valence-corrected chi connectivity index (χ3v) is 4.46. The fourth-order valence-corrected chi connectivity index (χ4v) is 2.67. The van der Waals surface area contributed by atoms with Crippen molar-refractivity contribution in [2.24, 2.45) is 5.92 Å². The summed E-state index contributed by atoms with van der Waals surface area (Å²) in [6.07, 6.45) is 2.16. The van der Waals surface area contributed by atoms with Crippen LogP contribution in [0.15, 0.2) is 42.5 Å². The Morgan fingerprint density at radius 2 is 1.93 bits per heavy atom. The normalized spacial score (nSPS) is 17.0. The summed E-state index contributed by atoms with van der Waals surface area (Å²) in [4.78, 5) is 16.3. The second-order valence-corrected chi connectivity index (χ2v) is 6.91. The number of aromatic carboxylic acids is 1. The molecule has 1 aromatic heterocycles. The van der Waals surface area contributed by atoms with E-state index in [0.29, 0.717) is 18.2 Å². The molecule has 6 nitrogen and oxygen atoms in total. The Balaban J connectivity index is 0.000000236. The summed E-state index contributed by atoms with van der Waals surface area (Å²) >= 11 is 0. The van der Waals surface area contributed by atoms with E-state index in [1.54, 1.807) is 0 Å². The number of para-hydroxylation sites is 1. The molecule has 1 saturated carbocycles. The fraction of sp³-hybridized carbons (Fsp3) is 0.400. The zero-order chi connectivity index (χ0) is 20.1. The number of nitrogens with one attached hydrogen (secondary N) is 1. The van der Waals surface area contributed by atoms with E-state index in [9.17, 15) is 13.6 Å². The SMILES string of the molecule is CNc1ccccc1.O=C(O)c1ccc(N2CC(F)(F)C2)c(OCC2CC2)n1. The van der Waals surface area contributed by atoms with E-state index < -0.39 is 11.9 Å². The third kappa shape index (κ3) is 5.31. The lowest BCUT2D eigenvalue weighted by Gasteiger charge is -2.40. The van der Waals surface area contributed by atoms with Crippen LogP contribution in [0.1, 0.15) is 23.3 Å². The predicted molar refractivity (Wildman–Crippen MR) is 103 cm³/mol. The van der Waals surface area contributed by atoms with Gasteiger partial charge in [0.1, 0.15) is 5.69 Å². The molecule has 2 N–H and O–H groups in total. The molecule has 0 bridgehead atoms. The quantitative estimate of drug-likeness (QED) is 0.781. The monoisotopic (exact) mass is 391 g/mol.